The van der Waals surface area contributed by atoms with Crippen molar-refractivity contribution in [3.8, 4) is 0 Å². The molecule has 66 valence electrons. The zero-order valence-electron chi connectivity index (χ0n) is 7.57. The van der Waals surface area contributed by atoms with E-state index in [1.165, 1.54) is 12.8 Å². The Morgan fingerprint density at radius 1 is 1.08 bits per heavy atom. The summed E-state index contributed by atoms with van der Waals surface area (Å²) in [4.78, 5) is 0. The number of epoxide rings is 1. The summed E-state index contributed by atoms with van der Waals surface area (Å²) >= 11 is 0. The monoisotopic (exact) mass is 164 g/mol. The van der Waals surface area contributed by atoms with Gasteiger partial charge in [0.1, 0.15) is 0 Å². The summed E-state index contributed by atoms with van der Waals surface area (Å²) in [5.74, 6) is 5.28. The summed E-state index contributed by atoms with van der Waals surface area (Å²) in [6.07, 6.45) is 5.93. The van der Waals surface area contributed by atoms with Gasteiger partial charge in [-0.2, -0.15) is 0 Å². The quantitative estimate of drug-likeness (QED) is 0.499. The van der Waals surface area contributed by atoms with Gasteiger partial charge in [0, 0.05) is 0 Å². The van der Waals surface area contributed by atoms with Gasteiger partial charge in [-0.05, 0) is 48.9 Å². The van der Waals surface area contributed by atoms with Crippen molar-refractivity contribution in [1.29, 1.82) is 0 Å². The lowest BCUT2D eigenvalue weighted by Gasteiger charge is -2.54. The van der Waals surface area contributed by atoms with Crippen LogP contribution in [-0.4, -0.2) is 12.2 Å². The lowest BCUT2D eigenvalue weighted by molar-refractivity contribution is -0.0731. The second kappa shape index (κ2) is 1.75. The third kappa shape index (κ3) is 0.555. The molecule has 1 nitrogen and oxygen atoms in total. The van der Waals surface area contributed by atoms with Gasteiger partial charge in [-0.1, -0.05) is 6.92 Å². The van der Waals surface area contributed by atoms with E-state index in [1.807, 2.05) is 0 Å². The molecule has 0 aromatic rings. The first-order chi connectivity index (χ1) is 5.84. The van der Waals surface area contributed by atoms with Gasteiger partial charge in [-0.3, -0.25) is 0 Å². The molecule has 12 heavy (non-hydrogen) atoms. The number of rotatable bonds is 0. The molecule has 0 N–H and O–H groups in total. The van der Waals surface area contributed by atoms with E-state index < -0.39 is 0 Å². The number of ether oxygens (including phenoxy) is 1. The maximum Gasteiger partial charge on any atom is 0.0875 e. The van der Waals surface area contributed by atoms with Crippen molar-refractivity contribution in [3.63, 3.8) is 0 Å². The molecule has 0 aromatic carbocycles. The highest BCUT2D eigenvalue weighted by molar-refractivity contribution is 5.12. The molecule has 5 rings (SSSR count). The van der Waals surface area contributed by atoms with Gasteiger partial charge >= 0.3 is 0 Å². The lowest BCUT2D eigenvalue weighted by atomic mass is 9.51. The Labute approximate surface area is 73.5 Å². The van der Waals surface area contributed by atoms with Crippen LogP contribution in [0.4, 0.5) is 0 Å². The Kier molecular flexibility index (Phi) is 0.934. The molecule has 1 saturated heterocycles. The maximum atomic E-state index is 5.67. The molecule has 1 heterocycles. The summed E-state index contributed by atoms with van der Waals surface area (Å²) in [6, 6.07) is 0. The van der Waals surface area contributed by atoms with E-state index in [0.717, 1.165) is 35.7 Å². The van der Waals surface area contributed by atoms with E-state index in [1.54, 1.807) is 6.42 Å². The van der Waals surface area contributed by atoms with Gasteiger partial charge < -0.3 is 4.74 Å². The second-order valence-corrected chi connectivity index (χ2v) is 5.47. The number of fused-ring (bicyclic) bond motifs is 1. The lowest BCUT2D eigenvalue weighted by Crippen LogP contribution is -2.49. The third-order valence-electron chi connectivity index (χ3n) is 5.17. The second-order valence-electron chi connectivity index (χ2n) is 5.47. The van der Waals surface area contributed by atoms with Crippen LogP contribution < -0.4 is 0 Å². The van der Waals surface area contributed by atoms with E-state index in [2.05, 4.69) is 6.92 Å². The van der Waals surface area contributed by atoms with Crippen LogP contribution in [0.3, 0.4) is 0 Å². The zero-order chi connectivity index (χ0) is 7.87. The normalized spacial score (nSPS) is 71.2. The Morgan fingerprint density at radius 2 is 2.00 bits per heavy atom. The van der Waals surface area contributed by atoms with Crippen LogP contribution in [0.25, 0.3) is 0 Å². The molecule has 0 radical (unpaired) electrons. The first-order valence-electron chi connectivity index (χ1n) is 5.50. The van der Waals surface area contributed by atoms with Crippen molar-refractivity contribution in [2.75, 3.05) is 0 Å². The minimum atomic E-state index is 0.714. The first kappa shape index (κ1) is 6.42. The van der Waals surface area contributed by atoms with Crippen molar-refractivity contribution in [2.45, 2.75) is 38.4 Å². The van der Waals surface area contributed by atoms with Crippen LogP contribution in [0.5, 0.6) is 0 Å². The fourth-order valence-electron chi connectivity index (χ4n) is 4.40. The molecule has 5 aliphatic rings. The molecule has 4 aliphatic carbocycles. The average molecular weight is 164 g/mol. The Bertz CT molecular complexity index is 237. The van der Waals surface area contributed by atoms with Crippen LogP contribution in [0.1, 0.15) is 26.2 Å². The van der Waals surface area contributed by atoms with Crippen molar-refractivity contribution < 1.29 is 4.74 Å². The SMILES string of the molecule is CC1C2CC3CC4OC4C3C1C2. The molecule has 2 bridgehead atoms. The predicted octanol–water partition coefficient (Wildman–Crippen LogP) is 2.07. The average Bonchev–Trinajstić information content (AvgIpc) is 2.76. The van der Waals surface area contributed by atoms with Gasteiger partial charge in [0.25, 0.3) is 0 Å². The van der Waals surface area contributed by atoms with Crippen molar-refractivity contribution in [2.24, 2.45) is 29.6 Å². The first-order valence-corrected chi connectivity index (χ1v) is 5.50. The predicted molar refractivity (Wildman–Crippen MR) is 45.6 cm³/mol. The number of hydrogen-bond acceptors (Lipinski definition) is 1. The molecule has 0 amide bonds. The van der Waals surface area contributed by atoms with Crippen molar-refractivity contribution in [1.82, 2.24) is 0 Å². The van der Waals surface area contributed by atoms with Gasteiger partial charge in [0.2, 0.25) is 0 Å². The zero-order valence-corrected chi connectivity index (χ0v) is 7.57. The fraction of sp³-hybridized carbons (Fsp3) is 1.00. The summed E-state index contributed by atoms with van der Waals surface area (Å²) in [5, 5.41) is 0. The molecule has 0 spiro atoms. The highest BCUT2D eigenvalue weighted by Crippen LogP contribution is 2.64. The fourth-order valence-corrected chi connectivity index (χ4v) is 4.40. The minimum Gasteiger partial charge on any atom is -0.369 e. The molecular formula is C11H16O. The molecule has 1 heteroatoms. The van der Waals surface area contributed by atoms with Crippen LogP contribution in [0, 0.1) is 29.6 Å². The van der Waals surface area contributed by atoms with Gasteiger partial charge in [0.05, 0.1) is 12.2 Å². The minimum absolute atomic E-state index is 0.714. The van der Waals surface area contributed by atoms with E-state index in [-0.39, 0.29) is 0 Å². The molecular weight excluding hydrogens is 148 g/mol. The molecule has 0 aromatic heterocycles. The van der Waals surface area contributed by atoms with Crippen molar-refractivity contribution >= 4 is 0 Å². The van der Waals surface area contributed by atoms with Gasteiger partial charge in [-0.25, -0.2) is 0 Å². The molecule has 7 atom stereocenters. The molecule has 5 fully saturated rings. The van der Waals surface area contributed by atoms with E-state index in [4.69, 9.17) is 4.74 Å². The highest BCUT2D eigenvalue weighted by atomic mass is 16.6. The summed E-state index contributed by atoms with van der Waals surface area (Å²) < 4.78 is 5.67. The van der Waals surface area contributed by atoms with E-state index in [9.17, 15) is 0 Å². The highest BCUT2D eigenvalue weighted by Gasteiger charge is 2.64. The maximum absolute atomic E-state index is 5.67. The van der Waals surface area contributed by atoms with Gasteiger partial charge in [0.15, 0.2) is 0 Å². The summed E-state index contributed by atoms with van der Waals surface area (Å²) in [6.45, 7) is 2.46. The van der Waals surface area contributed by atoms with E-state index in [0.29, 0.717) is 6.10 Å². The summed E-state index contributed by atoms with van der Waals surface area (Å²) in [7, 11) is 0. The standard InChI is InChI=1S/C11H16O/c1-5-6-2-7-4-9-11(12-9)10(7)8(5)3-6/h5-11H,2-4H2,1H3. The van der Waals surface area contributed by atoms with Crippen molar-refractivity contribution in [3.05, 3.63) is 0 Å². The van der Waals surface area contributed by atoms with Crippen LogP contribution in [0.2, 0.25) is 0 Å². The molecule has 7 unspecified atom stereocenters. The molecule has 1 aliphatic heterocycles. The Hall–Kier alpha value is -0.0400. The topological polar surface area (TPSA) is 12.5 Å². The van der Waals surface area contributed by atoms with E-state index >= 15 is 0 Å². The Morgan fingerprint density at radius 3 is 2.83 bits per heavy atom. The van der Waals surface area contributed by atoms with Crippen LogP contribution in [-0.2, 0) is 4.74 Å². The largest absolute Gasteiger partial charge is 0.369 e. The van der Waals surface area contributed by atoms with Crippen LogP contribution in [0.15, 0.2) is 0 Å². The van der Waals surface area contributed by atoms with Gasteiger partial charge in [-0.15, -0.1) is 0 Å². The Balaban J connectivity index is 1.69. The molecule has 4 saturated carbocycles. The van der Waals surface area contributed by atoms with Crippen LogP contribution >= 0.6 is 0 Å². The number of hydrogen-bond donors (Lipinski definition) is 0. The third-order valence-corrected chi connectivity index (χ3v) is 5.17. The smallest absolute Gasteiger partial charge is 0.0875 e. The summed E-state index contributed by atoms with van der Waals surface area (Å²) in [5.41, 5.74) is 0.